The Labute approximate surface area is 102 Å². The van der Waals surface area contributed by atoms with E-state index in [9.17, 15) is 4.79 Å². The topological polar surface area (TPSA) is 25.2 Å². The maximum Gasteiger partial charge on any atom is 0.225 e. The van der Waals surface area contributed by atoms with E-state index < -0.39 is 0 Å². The SMILES string of the molecule is Cn1ccc2c1CCN(C(=O)C1CCCC1)C2. The Bertz CT molecular complexity index is 429. The Balaban J connectivity index is 1.73. The smallest absolute Gasteiger partial charge is 0.225 e. The minimum Gasteiger partial charge on any atom is -0.354 e. The lowest BCUT2D eigenvalue weighted by atomic mass is 10.0. The molecule has 2 heterocycles. The molecule has 0 N–H and O–H groups in total. The number of rotatable bonds is 1. The molecule has 3 heteroatoms. The van der Waals surface area contributed by atoms with Crippen LogP contribution in [0, 0.1) is 5.92 Å². The maximum atomic E-state index is 12.3. The summed E-state index contributed by atoms with van der Waals surface area (Å²) in [4.78, 5) is 14.4. The van der Waals surface area contributed by atoms with Gasteiger partial charge in [-0.2, -0.15) is 0 Å². The molecule has 0 bridgehead atoms. The van der Waals surface area contributed by atoms with Crippen LogP contribution in [0.25, 0.3) is 0 Å². The Kier molecular flexibility index (Phi) is 2.69. The monoisotopic (exact) mass is 232 g/mol. The quantitative estimate of drug-likeness (QED) is 0.728. The van der Waals surface area contributed by atoms with Gasteiger partial charge in [0.2, 0.25) is 5.91 Å². The normalized spacial score (nSPS) is 20.6. The first-order valence-electron chi connectivity index (χ1n) is 6.67. The van der Waals surface area contributed by atoms with Crippen LogP contribution in [0.3, 0.4) is 0 Å². The third-order valence-electron chi connectivity index (χ3n) is 4.29. The standard InChI is InChI=1S/C14H20N2O/c1-15-8-6-12-10-16(9-7-13(12)15)14(17)11-4-2-3-5-11/h6,8,11H,2-5,7,9-10H2,1H3. The molecule has 1 aliphatic heterocycles. The zero-order valence-corrected chi connectivity index (χ0v) is 10.5. The lowest BCUT2D eigenvalue weighted by molar-refractivity contribution is -0.136. The molecule has 0 saturated heterocycles. The van der Waals surface area contributed by atoms with Crippen molar-refractivity contribution in [1.29, 1.82) is 0 Å². The highest BCUT2D eigenvalue weighted by molar-refractivity contribution is 5.79. The number of aryl methyl sites for hydroxylation is 1. The summed E-state index contributed by atoms with van der Waals surface area (Å²) in [5.74, 6) is 0.720. The zero-order chi connectivity index (χ0) is 11.8. The van der Waals surface area contributed by atoms with E-state index in [-0.39, 0.29) is 0 Å². The van der Waals surface area contributed by atoms with E-state index in [0.29, 0.717) is 11.8 Å². The molecule has 1 aliphatic carbocycles. The van der Waals surface area contributed by atoms with Crippen molar-refractivity contribution in [1.82, 2.24) is 9.47 Å². The summed E-state index contributed by atoms with van der Waals surface area (Å²) in [7, 11) is 2.09. The molecule has 0 atom stereocenters. The molecule has 1 aromatic heterocycles. The van der Waals surface area contributed by atoms with Crippen molar-refractivity contribution in [2.75, 3.05) is 6.54 Å². The highest BCUT2D eigenvalue weighted by Crippen LogP contribution is 2.29. The van der Waals surface area contributed by atoms with E-state index in [4.69, 9.17) is 0 Å². The molecular formula is C14H20N2O. The van der Waals surface area contributed by atoms with Gasteiger partial charge in [-0.15, -0.1) is 0 Å². The van der Waals surface area contributed by atoms with E-state index in [2.05, 4.69) is 28.8 Å². The van der Waals surface area contributed by atoms with E-state index in [1.165, 1.54) is 24.1 Å². The lowest BCUT2D eigenvalue weighted by Crippen LogP contribution is -2.39. The van der Waals surface area contributed by atoms with Crippen molar-refractivity contribution in [3.63, 3.8) is 0 Å². The van der Waals surface area contributed by atoms with Crippen molar-refractivity contribution < 1.29 is 4.79 Å². The minimum atomic E-state index is 0.320. The van der Waals surface area contributed by atoms with Crippen molar-refractivity contribution >= 4 is 5.91 Å². The van der Waals surface area contributed by atoms with Gasteiger partial charge in [-0.1, -0.05) is 12.8 Å². The summed E-state index contributed by atoms with van der Waals surface area (Å²) < 4.78 is 2.19. The van der Waals surface area contributed by atoms with Gasteiger partial charge >= 0.3 is 0 Å². The number of carbonyl (C=O) groups excluding carboxylic acids is 1. The van der Waals surface area contributed by atoms with Crippen molar-refractivity contribution in [3.05, 3.63) is 23.5 Å². The first-order chi connectivity index (χ1) is 8.25. The third kappa shape index (κ3) is 1.88. The van der Waals surface area contributed by atoms with Crippen molar-refractivity contribution in [2.45, 2.75) is 38.6 Å². The summed E-state index contributed by atoms with van der Waals surface area (Å²) in [6, 6.07) is 2.16. The van der Waals surface area contributed by atoms with Gasteiger partial charge in [0, 0.05) is 44.4 Å². The molecule has 0 aromatic carbocycles. The van der Waals surface area contributed by atoms with Gasteiger partial charge in [0.15, 0.2) is 0 Å². The Morgan fingerprint density at radius 2 is 2.12 bits per heavy atom. The van der Waals surface area contributed by atoms with Gasteiger partial charge in [0.25, 0.3) is 0 Å². The van der Waals surface area contributed by atoms with Crippen LogP contribution in [0.15, 0.2) is 12.3 Å². The second-order valence-corrected chi connectivity index (χ2v) is 5.39. The molecule has 1 aromatic rings. The molecule has 92 valence electrons. The summed E-state index contributed by atoms with van der Waals surface area (Å²) in [6.07, 6.45) is 7.81. The van der Waals surface area contributed by atoms with Crippen LogP contribution in [-0.4, -0.2) is 21.9 Å². The molecular weight excluding hydrogens is 212 g/mol. The summed E-state index contributed by atoms with van der Waals surface area (Å²) in [5, 5.41) is 0. The average Bonchev–Trinajstić information content (AvgIpc) is 2.98. The van der Waals surface area contributed by atoms with Crippen molar-refractivity contribution in [3.8, 4) is 0 Å². The van der Waals surface area contributed by atoms with Crippen LogP contribution in [0.5, 0.6) is 0 Å². The molecule has 17 heavy (non-hydrogen) atoms. The number of aromatic nitrogens is 1. The Morgan fingerprint density at radius 1 is 1.35 bits per heavy atom. The van der Waals surface area contributed by atoms with Gasteiger partial charge in [-0.25, -0.2) is 0 Å². The Morgan fingerprint density at radius 3 is 2.88 bits per heavy atom. The molecule has 3 nitrogen and oxygen atoms in total. The Hall–Kier alpha value is -1.25. The second kappa shape index (κ2) is 4.21. The lowest BCUT2D eigenvalue weighted by Gasteiger charge is -2.30. The summed E-state index contributed by atoms with van der Waals surface area (Å²) in [6.45, 7) is 1.73. The maximum absolute atomic E-state index is 12.3. The van der Waals surface area contributed by atoms with Crippen LogP contribution in [0.4, 0.5) is 0 Å². The fraction of sp³-hybridized carbons (Fsp3) is 0.643. The molecule has 1 amide bonds. The predicted octanol–water partition coefficient (Wildman–Crippen LogP) is 2.10. The molecule has 0 radical (unpaired) electrons. The predicted molar refractivity (Wildman–Crippen MR) is 66.5 cm³/mol. The van der Waals surface area contributed by atoms with Gasteiger partial charge in [-0.3, -0.25) is 4.79 Å². The number of hydrogen-bond acceptors (Lipinski definition) is 1. The third-order valence-corrected chi connectivity index (χ3v) is 4.29. The summed E-state index contributed by atoms with van der Waals surface area (Å²) >= 11 is 0. The van der Waals surface area contributed by atoms with Crippen LogP contribution in [-0.2, 0) is 24.8 Å². The molecule has 3 rings (SSSR count). The highest BCUT2D eigenvalue weighted by Gasteiger charge is 2.29. The van der Waals surface area contributed by atoms with Crippen LogP contribution in [0.2, 0.25) is 0 Å². The molecule has 0 unspecified atom stereocenters. The fourth-order valence-corrected chi connectivity index (χ4v) is 3.24. The molecule has 2 aliphatic rings. The van der Waals surface area contributed by atoms with Crippen LogP contribution >= 0.6 is 0 Å². The number of carbonyl (C=O) groups is 1. The number of nitrogens with zero attached hydrogens (tertiary/aromatic N) is 2. The van der Waals surface area contributed by atoms with Crippen LogP contribution < -0.4 is 0 Å². The largest absolute Gasteiger partial charge is 0.354 e. The van der Waals surface area contributed by atoms with Gasteiger partial charge < -0.3 is 9.47 Å². The van der Waals surface area contributed by atoms with E-state index in [1.54, 1.807) is 0 Å². The number of amides is 1. The van der Waals surface area contributed by atoms with Crippen LogP contribution in [0.1, 0.15) is 36.9 Å². The molecule has 1 saturated carbocycles. The van der Waals surface area contributed by atoms with E-state index in [0.717, 1.165) is 32.4 Å². The fourth-order valence-electron chi connectivity index (χ4n) is 3.24. The summed E-state index contributed by atoms with van der Waals surface area (Å²) in [5.41, 5.74) is 2.74. The first-order valence-corrected chi connectivity index (χ1v) is 6.67. The van der Waals surface area contributed by atoms with Crippen molar-refractivity contribution in [2.24, 2.45) is 13.0 Å². The van der Waals surface area contributed by atoms with Gasteiger partial charge in [-0.05, 0) is 24.5 Å². The first kappa shape index (κ1) is 10.9. The van der Waals surface area contributed by atoms with E-state index in [1.807, 2.05) is 0 Å². The van der Waals surface area contributed by atoms with Gasteiger partial charge in [0.05, 0.1) is 0 Å². The van der Waals surface area contributed by atoms with E-state index >= 15 is 0 Å². The number of hydrogen-bond donors (Lipinski definition) is 0. The van der Waals surface area contributed by atoms with Gasteiger partial charge in [0.1, 0.15) is 0 Å². The molecule has 0 spiro atoms. The zero-order valence-electron chi connectivity index (χ0n) is 10.5. The highest BCUT2D eigenvalue weighted by atomic mass is 16.2. The second-order valence-electron chi connectivity index (χ2n) is 5.39. The molecule has 1 fully saturated rings. The minimum absolute atomic E-state index is 0.320. The average molecular weight is 232 g/mol. The number of fused-ring (bicyclic) bond motifs is 1.